The maximum atomic E-state index is 5.47. The van der Waals surface area contributed by atoms with Gasteiger partial charge in [0.1, 0.15) is 5.82 Å². The molecule has 1 aliphatic rings. The molecule has 0 spiro atoms. The molecule has 0 aromatic carbocycles. The molecule has 3 nitrogen and oxygen atoms in total. The van der Waals surface area contributed by atoms with Crippen LogP contribution in [0, 0.1) is 5.92 Å². The summed E-state index contributed by atoms with van der Waals surface area (Å²) in [5, 5.41) is 6.81. The van der Waals surface area contributed by atoms with Crippen molar-refractivity contribution in [1.82, 2.24) is 10.2 Å². The minimum Gasteiger partial charge on any atom is -0.382 e. The van der Waals surface area contributed by atoms with Crippen molar-refractivity contribution in [3.8, 4) is 0 Å². The summed E-state index contributed by atoms with van der Waals surface area (Å²) in [6.45, 7) is 0. The van der Waals surface area contributed by atoms with Gasteiger partial charge in [-0.3, -0.25) is 5.10 Å². The Bertz CT molecular complexity index is 237. The molecule has 0 unspecified atom stereocenters. The highest BCUT2D eigenvalue weighted by molar-refractivity contribution is 5.28. The van der Waals surface area contributed by atoms with Gasteiger partial charge >= 0.3 is 0 Å². The molecule has 1 heterocycles. The second-order valence-corrected chi connectivity index (χ2v) is 3.32. The lowest BCUT2D eigenvalue weighted by Crippen LogP contribution is -2.13. The Morgan fingerprint density at radius 3 is 2.91 bits per heavy atom. The van der Waals surface area contributed by atoms with Gasteiger partial charge in [-0.25, -0.2) is 0 Å². The summed E-state index contributed by atoms with van der Waals surface area (Å²) in [5.41, 5.74) is 6.66. The van der Waals surface area contributed by atoms with E-state index in [1.54, 1.807) is 0 Å². The molecule has 0 saturated heterocycles. The third-order valence-corrected chi connectivity index (χ3v) is 2.38. The lowest BCUT2D eigenvalue weighted by Gasteiger charge is -2.24. The van der Waals surface area contributed by atoms with E-state index >= 15 is 0 Å². The van der Waals surface area contributed by atoms with Gasteiger partial charge in [0.15, 0.2) is 0 Å². The number of rotatable bonds is 2. The van der Waals surface area contributed by atoms with E-state index in [-0.39, 0.29) is 0 Å². The van der Waals surface area contributed by atoms with Crippen LogP contribution in [-0.4, -0.2) is 10.2 Å². The molecule has 2 rings (SSSR count). The van der Waals surface area contributed by atoms with E-state index < -0.39 is 0 Å². The first-order valence-electron chi connectivity index (χ1n) is 4.14. The Morgan fingerprint density at radius 1 is 1.64 bits per heavy atom. The van der Waals surface area contributed by atoms with Gasteiger partial charge < -0.3 is 5.73 Å². The number of hydrogen-bond acceptors (Lipinski definition) is 2. The Kier molecular flexibility index (Phi) is 1.56. The van der Waals surface area contributed by atoms with E-state index in [2.05, 4.69) is 10.2 Å². The van der Waals surface area contributed by atoms with Crippen molar-refractivity contribution in [3.63, 3.8) is 0 Å². The molecule has 0 bridgehead atoms. The second kappa shape index (κ2) is 2.57. The van der Waals surface area contributed by atoms with E-state index in [1.807, 2.05) is 6.07 Å². The molecule has 0 atom stereocenters. The fourth-order valence-electron chi connectivity index (χ4n) is 1.49. The zero-order valence-corrected chi connectivity index (χ0v) is 6.51. The number of nitrogens with one attached hydrogen (secondary N) is 1. The highest BCUT2D eigenvalue weighted by Crippen LogP contribution is 2.29. The largest absolute Gasteiger partial charge is 0.382 e. The van der Waals surface area contributed by atoms with E-state index in [4.69, 9.17) is 5.73 Å². The average molecular weight is 151 g/mol. The molecular formula is C8H13N3. The number of nitrogens with two attached hydrogens (primary N) is 1. The van der Waals surface area contributed by atoms with Crippen LogP contribution in [0.15, 0.2) is 6.07 Å². The molecule has 3 N–H and O–H groups in total. The van der Waals surface area contributed by atoms with Gasteiger partial charge in [-0.2, -0.15) is 5.10 Å². The standard InChI is InChI=1S/C8H13N3/c9-8-5-7(10-11-8)4-6-2-1-3-6/h5-6H,1-4H2,(H3,9,10,11). The van der Waals surface area contributed by atoms with Gasteiger partial charge in [-0.1, -0.05) is 19.3 Å². The highest BCUT2D eigenvalue weighted by atomic mass is 15.1. The molecule has 1 saturated carbocycles. The molecule has 60 valence electrons. The molecule has 3 heteroatoms. The van der Waals surface area contributed by atoms with Crippen molar-refractivity contribution in [2.45, 2.75) is 25.7 Å². The van der Waals surface area contributed by atoms with E-state index in [1.165, 1.54) is 25.0 Å². The molecule has 0 amide bonds. The number of nitrogen functional groups attached to an aromatic ring is 1. The first-order valence-corrected chi connectivity index (χ1v) is 4.14. The third-order valence-electron chi connectivity index (χ3n) is 2.38. The van der Waals surface area contributed by atoms with Crippen molar-refractivity contribution in [1.29, 1.82) is 0 Å². The third kappa shape index (κ3) is 1.37. The lowest BCUT2D eigenvalue weighted by atomic mass is 9.82. The van der Waals surface area contributed by atoms with E-state index in [9.17, 15) is 0 Å². The minimum absolute atomic E-state index is 0.610. The molecule has 0 aliphatic heterocycles. The second-order valence-electron chi connectivity index (χ2n) is 3.32. The van der Waals surface area contributed by atoms with Crippen LogP contribution in [-0.2, 0) is 6.42 Å². The Balaban J connectivity index is 1.95. The minimum atomic E-state index is 0.610. The lowest BCUT2D eigenvalue weighted by molar-refractivity contribution is 0.312. The first-order chi connectivity index (χ1) is 5.34. The number of aromatic amines is 1. The van der Waals surface area contributed by atoms with Crippen LogP contribution in [0.1, 0.15) is 25.0 Å². The zero-order chi connectivity index (χ0) is 7.68. The summed E-state index contributed by atoms with van der Waals surface area (Å²) in [4.78, 5) is 0. The summed E-state index contributed by atoms with van der Waals surface area (Å²) < 4.78 is 0. The van der Waals surface area contributed by atoms with Gasteiger partial charge in [0.2, 0.25) is 0 Å². The topological polar surface area (TPSA) is 54.7 Å². The SMILES string of the molecule is Nc1cc(CC2CCC2)[nH]n1. The molecule has 0 radical (unpaired) electrons. The number of nitrogens with zero attached hydrogens (tertiary/aromatic N) is 1. The monoisotopic (exact) mass is 151 g/mol. The van der Waals surface area contributed by atoms with E-state index in [0.29, 0.717) is 5.82 Å². The molecule has 11 heavy (non-hydrogen) atoms. The van der Waals surface area contributed by atoms with Crippen LogP contribution in [0.2, 0.25) is 0 Å². The van der Waals surface area contributed by atoms with Crippen molar-refractivity contribution >= 4 is 5.82 Å². The van der Waals surface area contributed by atoms with Crippen molar-refractivity contribution in [2.75, 3.05) is 5.73 Å². The quantitative estimate of drug-likeness (QED) is 0.670. The summed E-state index contributed by atoms with van der Waals surface area (Å²) in [7, 11) is 0. The Hall–Kier alpha value is -0.990. The molecule has 1 fully saturated rings. The predicted octanol–water partition coefficient (Wildman–Crippen LogP) is 1.33. The zero-order valence-electron chi connectivity index (χ0n) is 6.51. The number of anilines is 1. The summed E-state index contributed by atoms with van der Waals surface area (Å²) in [6, 6.07) is 1.93. The van der Waals surface area contributed by atoms with Crippen LogP contribution < -0.4 is 5.73 Å². The van der Waals surface area contributed by atoms with Crippen LogP contribution in [0.3, 0.4) is 0 Å². The van der Waals surface area contributed by atoms with Gasteiger partial charge in [-0.15, -0.1) is 0 Å². The summed E-state index contributed by atoms with van der Waals surface area (Å²) in [6.07, 6.45) is 5.27. The van der Waals surface area contributed by atoms with Gasteiger partial charge in [0.25, 0.3) is 0 Å². The fraction of sp³-hybridized carbons (Fsp3) is 0.625. The number of hydrogen-bond donors (Lipinski definition) is 2. The van der Waals surface area contributed by atoms with Crippen LogP contribution in [0.25, 0.3) is 0 Å². The molecule has 1 aromatic heterocycles. The van der Waals surface area contributed by atoms with Crippen LogP contribution in [0.4, 0.5) is 5.82 Å². The van der Waals surface area contributed by atoms with Gasteiger partial charge in [-0.05, 0) is 12.3 Å². The fourth-order valence-corrected chi connectivity index (χ4v) is 1.49. The number of H-pyrrole nitrogens is 1. The molecular weight excluding hydrogens is 138 g/mol. The molecule has 1 aromatic rings. The Morgan fingerprint density at radius 2 is 2.45 bits per heavy atom. The van der Waals surface area contributed by atoms with Gasteiger partial charge in [0.05, 0.1) is 0 Å². The Labute approximate surface area is 66.0 Å². The highest BCUT2D eigenvalue weighted by Gasteiger charge is 2.18. The summed E-state index contributed by atoms with van der Waals surface area (Å²) >= 11 is 0. The predicted molar refractivity (Wildman–Crippen MR) is 44.0 cm³/mol. The first kappa shape index (κ1) is 6.70. The average Bonchev–Trinajstić information content (AvgIpc) is 2.27. The normalized spacial score (nSPS) is 18.2. The van der Waals surface area contributed by atoms with Crippen molar-refractivity contribution in [2.24, 2.45) is 5.92 Å². The van der Waals surface area contributed by atoms with Crippen LogP contribution in [0.5, 0.6) is 0 Å². The summed E-state index contributed by atoms with van der Waals surface area (Å²) in [5.74, 6) is 1.49. The number of aromatic nitrogens is 2. The van der Waals surface area contributed by atoms with Crippen molar-refractivity contribution < 1.29 is 0 Å². The maximum absolute atomic E-state index is 5.47. The maximum Gasteiger partial charge on any atom is 0.145 e. The molecule has 1 aliphatic carbocycles. The van der Waals surface area contributed by atoms with Gasteiger partial charge in [0, 0.05) is 11.8 Å². The van der Waals surface area contributed by atoms with E-state index in [0.717, 1.165) is 12.3 Å². The van der Waals surface area contributed by atoms with Crippen LogP contribution >= 0.6 is 0 Å². The van der Waals surface area contributed by atoms with Crippen molar-refractivity contribution in [3.05, 3.63) is 11.8 Å². The smallest absolute Gasteiger partial charge is 0.145 e.